The maximum Gasteiger partial charge on any atom is 0.341 e. The van der Waals surface area contributed by atoms with Gasteiger partial charge < -0.3 is 25.0 Å². The summed E-state index contributed by atoms with van der Waals surface area (Å²) in [6, 6.07) is 0.942. The lowest BCUT2D eigenvalue weighted by Crippen LogP contribution is -2.41. The molecule has 0 amide bonds. The lowest BCUT2D eigenvalue weighted by molar-refractivity contribution is 0.0694. The average Bonchev–Trinajstić information content (AvgIpc) is 2.56. The van der Waals surface area contributed by atoms with E-state index in [1.807, 2.05) is 17.9 Å². The molecule has 0 aliphatic carbocycles. The van der Waals surface area contributed by atoms with Crippen LogP contribution in [0.2, 0.25) is 0 Å². The Hall–Kier alpha value is -2.87. The number of hydrogen-bond donors (Lipinski definition) is 2. The maximum atomic E-state index is 14.9. The summed E-state index contributed by atoms with van der Waals surface area (Å²) in [6.45, 7) is 3.64. The fraction of sp³-hybridized carbons (Fsp3) is 0.333. The van der Waals surface area contributed by atoms with Gasteiger partial charge in [-0.2, -0.15) is 0 Å². The Bertz CT molecular complexity index is 1020. The number of hydrogen-bond acceptors (Lipinski definition) is 5. The Balaban J connectivity index is 1.97. The van der Waals surface area contributed by atoms with E-state index in [1.165, 1.54) is 6.20 Å². The van der Waals surface area contributed by atoms with Gasteiger partial charge in [0.25, 0.3) is 0 Å². The highest BCUT2D eigenvalue weighted by Gasteiger charge is 2.32. The molecule has 0 spiro atoms. The van der Waals surface area contributed by atoms with Crippen LogP contribution in [0.5, 0.6) is 5.75 Å². The fourth-order valence-corrected chi connectivity index (χ4v) is 3.56. The smallest absolute Gasteiger partial charge is 0.341 e. The van der Waals surface area contributed by atoms with Gasteiger partial charge in [0.2, 0.25) is 5.43 Å². The van der Waals surface area contributed by atoms with Crippen molar-refractivity contribution in [2.75, 3.05) is 31.1 Å². The van der Waals surface area contributed by atoms with Gasteiger partial charge in [0, 0.05) is 25.8 Å². The number of carbonyl (C=O) groups is 1. The maximum absolute atomic E-state index is 14.9. The van der Waals surface area contributed by atoms with Gasteiger partial charge in [-0.3, -0.25) is 4.79 Å². The summed E-state index contributed by atoms with van der Waals surface area (Å²) in [5, 5.41) is 9.31. The first-order valence-electron chi connectivity index (χ1n) is 8.32. The molecule has 1 aromatic carbocycles. The van der Waals surface area contributed by atoms with Gasteiger partial charge in [-0.05, 0) is 18.6 Å². The summed E-state index contributed by atoms with van der Waals surface area (Å²) in [5.74, 6) is -1.64. The van der Waals surface area contributed by atoms with Crippen molar-refractivity contribution in [2.24, 2.45) is 5.73 Å². The molecule has 0 saturated carbocycles. The molecule has 8 heteroatoms. The summed E-state index contributed by atoms with van der Waals surface area (Å²) in [6.07, 6.45) is 3.22. The lowest BCUT2D eigenvalue weighted by atomic mass is 10.0. The Morgan fingerprint density at radius 2 is 2.23 bits per heavy atom. The minimum atomic E-state index is -1.33. The summed E-state index contributed by atoms with van der Waals surface area (Å²) in [4.78, 5) is 25.7. The van der Waals surface area contributed by atoms with Crippen LogP contribution in [-0.4, -0.2) is 41.9 Å². The third-order valence-corrected chi connectivity index (χ3v) is 4.88. The Morgan fingerprint density at radius 1 is 1.50 bits per heavy atom. The summed E-state index contributed by atoms with van der Waals surface area (Å²) >= 11 is 0. The predicted molar refractivity (Wildman–Crippen MR) is 94.7 cm³/mol. The van der Waals surface area contributed by atoms with E-state index < -0.39 is 17.2 Å². The van der Waals surface area contributed by atoms with E-state index in [0.29, 0.717) is 36.6 Å². The van der Waals surface area contributed by atoms with E-state index in [9.17, 15) is 19.1 Å². The van der Waals surface area contributed by atoms with E-state index in [1.54, 1.807) is 4.57 Å². The molecule has 26 heavy (non-hydrogen) atoms. The molecule has 0 radical (unpaired) electrons. The molecule has 1 saturated heterocycles. The van der Waals surface area contributed by atoms with Crippen LogP contribution in [0.1, 0.15) is 23.3 Å². The van der Waals surface area contributed by atoms with Crippen molar-refractivity contribution in [1.29, 1.82) is 0 Å². The topological polar surface area (TPSA) is 97.8 Å². The van der Waals surface area contributed by atoms with Crippen LogP contribution < -0.4 is 20.8 Å². The molecule has 1 fully saturated rings. The van der Waals surface area contributed by atoms with Crippen molar-refractivity contribution >= 4 is 22.6 Å². The minimum Gasteiger partial charge on any atom is -0.487 e. The highest BCUT2D eigenvalue weighted by atomic mass is 19.1. The predicted octanol–water partition coefficient (Wildman–Crippen LogP) is 1.50. The Kier molecular flexibility index (Phi) is 3.73. The quantitative estimate of drug-likeness (QED) is 0.806. The van der Waals surface area contributed by atoms with Gasteiger partial charge >= 0.3 is 5.97 Å². The van der Waals surface area contributed by atoms with Crippen molar-refractivity contribution in [3.63, 3.8) is 0 Å². The highest BCUT2D eigenvalue weighted by Crippen LogP contribution is 2.43. The summed E-state index contributed by atoms with van der Waals surface area (Å²) in [7, 11) is 0. The number of nitrogens with zero attached hydrogens (tertiary/aromatic N) is 2. The number of ether oxygens (including phenoxy) is 1. The zero-order valence-corrected chi connectivity index (χ0v) is 14.2. The number of benzene rings is 1. The molecular formula is C18H18FN3O4. The number of carboxylic acids is 1. The number of pyridine rings is 1. The molecule has 4 rings (SSSR count). The molecule has 2 aromatic rings. The molecule has 7 nitrogen and oxygen atoms in total. The van der Waals surface area contributed by atoms with Crippen LogP contribution in [0.3, 0.4) is 0 Å². The molecule has 2 aliphatic heterocycles. The zero-order valence-electron chi connectivity index (χ0n) is 14.2. The molecule has 3 N–H and O–H groups in total. The van der Waals surface area contributed by atoms with Gasteiger partial charge in [0.1, 0.15) is 17.9 Å². The van der Waals surface area contributed by atoms with Gasteiger partial charge in [-0.15, -0.1) is 0 Å². The first kappa shape index (κ1) is 16.6. The summed E-state index contributed by atoms with van der Waals surface area (Å²) in [5.41, 5.74) is 6.27. The van der Waals surface area contributed by atoms with Crippen LogP contribution in [0.15, 0.2) is 28.7 Å². The van der Waals surface area contributed by atoms with Gasteiger partial charge in [0.15, 0.2) is 11.6 Å². The fourth-order valence-electron chi connectivity index (χ4n) is 3.56. The van der Waals surface area contributed by atoms with Crippen LogP contribution in [0, 0.1) is 5.82 Å². The minimum absolute atomic E-state index is 0.0194. The monoisotopic (exact) mass is 359 g/mol. The molecule has 2 aliphatic rings. The van der Waals surface area contributed by atoms with Crippen LogP contribution >= 0.6 is 0 Å². The van der Waals surface area contributed by atoms with Crippen molar-refractivity contribution in [1.82, 2.24) is 4.57 Å². The lowest BCUT2D eigenvalue weighted by Gasteiger charge is -2.39. The molecule has 1 atom stereocenters. The zero-order chi connectivity index (χ0) is 18.6. The molecule has 0 unspecified atom stereocenters. The van der Waals surface area contributed by atoms with E-state index >= 15 is 0 Å². The number of aromatic carboxylic acids is 1. The number of anilines is 1. The van der Waals surface area contributed by atoms with Crippen molar-refractivity contribution in [3.8, 4) is 5.75 Å². The normalized spacial score (nSPS) is 18.5. The average molecular weight is 359 g/mol. The second kappa shape index (κ2) is 5.84. The molecule has 0 bridgehead atoms. The SMILES string of the molecule is C[C@H]1COc2c(N3CC(=CCN)C3)c(F)cc3c(=O)c(C(=O)O)cn1c23. The van der Waals surface area contributed by atoms with Gasteiger partial charge in [-0.25, -0.2) is 9.18 Å². The van der Waals surface area contributed by atoms with E-state index in [4.69, 9.17) is 10.5 Å². The first-order valence-corrected chi connectivity index (χ1v) is 8.32. The number of aromatic nitrogens is 1. The van der Waals surface area contributed by atoms with Crippen LogP contribution in [-0.2, 0) is 0 Å². The van der Waals surface area contributed by atoms with Crippen LogP contribution in [0.4, 0.5) is 10.1 Å². The number of halogens is 1. The molecule has 136 valence electrons. The second-order valence-corrected chi connectivity index (χ2v) is 6.63. The number of rotatable bonds is 3. The molecule has 1 aromatic heterocycles. The Morgan fingerprint density at radius 3 is 2.88 bits per heavy atom. The first-order chi connectivity index (χ1) is 12.4. The highest BCUT2D eigenvalue weighted by molar-refractivity contribution is 5.97. The van der Waals surface area contributed by atoms with E-state index in [0.717, 1.165) is 11.6 Å². The van der Waals surface area contributed by atoms with Crippen molar-refractivity contribution < 1.29 is 19.0 Å². The summed E-state index contributed by atoms with van der Waals surface area (Å²) < 4.78 is 22.3. The van der Waals surface area contributed by atoms with Crippen molar-refractivity contribution in [3.05, 3.63) is 45.5 Å². The van der Waals surface area contributed by atoms with E-state index in [-0.39, 0.29) is 23.6 Å². The molecular weight excluding hydrogens is 341 g/mol. The van der Waals surface area contributed by atoms with Gasteiger partial charge in [-0.1, -0.05) is 6.08 Å². The van der Waals surface area contributed by atoms with Crippen molar-refractivity contribution in [2.45, 2.75) is 13.0 Å². The Labute approximate surface area is 148 Å². The molecule has 3 heterocycles. The second-order valence-electron chi connectivity index (χ2n) is 6.63. The van der Waals surface area contributed by atoms with Gasteiger partial charge in [0.05, 0.1) is 16.9 Å². The number of carboxylic acid groups (broad SMARTS) is 1. The van der Waals surface area contributed by atoms with E-state index in [2.05, 4.69) is 0 Å². The number of nitrogens with two attached hydrogens (primary N) is 1. The largest absolute Gasteiger partial charge is 0.487 e. The third kappa shape index (κ3) is 2.29. The standard InChI is InChI=1S/C18H18FN3O4/c1-9-8-26-17-14-11(16(23)12(18(24)25)7-22(9)14)4-13(19)15(17)21-5-10(6-21)2-3-20/h2,4,7,9H,3,5-6,8,20H2,1H3,(H,24,25)/t9-/m0/s1. The van der Waals surface area contributed by atoms with Crippen LogP contribution in [0.25, 0.3) is 10.9 Å². The third-order valence-electron chi connectivity index (χ3n) is 4.88.